The van der Waals surface area contributed by atoms with E-state index in [2.05, 4.69) is 41.9 Å². The van der Waals surface area contributed by atoms with Crippen molar-refractivity contribution in [1.29, 1.82) is 0 Å². The summed E-state index contributed by atoms with van der Waals surface area (Å²) < 4.78 is 5.57. The van der Waals surface area contributed by atoms with Gasteiger partial charge in [0.25, 0.3) is 0 Å². The average Bonchev–Trinajstić information content (AvgIpc) is 3.51. The van der Waals surface area contributed by atoms with Crippen LogP contribution in [0.15, 0.2) is 4.99 Å². The Labute approximate surface area is 170 Å². The summed E-state index contributed by atoms with van der Waals surface area (Å²) in [5.74, 6) is 1.27. The third-order valence-electron chi connectivity index (χ3n) is 6.56. The summed E-state index contributed by atoms with van der Waals surface area (Å²) in [4.78, 5) is 19.7. The quantitative estimate of drug-likeness (QED) is 0.451. The molecule has 2 aliphatic carbocycles. The predicted octanol–water partition coefficient (Wildman–Crippen LogP) is 1.49. The summed E-state index contributed by atoms with van der Waals surface area (Å²) in [5.41, 5.74) is 0.0693. The number of likely N-dealkylation sites (N-methyl/N-ethyl adjacent to an activating group) is 1. The standard InChI is InChI=1S/C21H39N5O2/c1-4-22-20(23-15-21(26(2)3)10-12-28-13-11-21)25-18-7-5-6-16(14-18)19(27)24-17-8-9-17/h16-18H,4-15H2,1-3H3,(H,24,27)(H2,22,23,25). The number of carbonyl (C=O) groups excluding carboxylic acids is 1. The molecule has 3 aliphatic rings. The molecule has 1 amide bonds. The summed E-state index contributed by atoms with van der Waals surface area (Å²) in [7, 11) is 4.29. The molecule has 3 N–H and O–H groups in total. The maximum atomic E-state index is 12.5. The molecule has 1 aliphatic heterocycles. The van der Waals surface area contributed by atoms with Gasteiger partial charge in [0.15, 0.2) is 5.96 Å². The molecule has 7 heteroatoms. The summed E-state index contributed by atoms with van der Waals surface area (Å²) >= 11 is 0. The van der Waals surface area contributed by atoms with Crippen molar-refractivity contribution >= 4 is 11.9 Å². The molecular weight excluding hydrogens is 354 g/mol. The Balaban J connectivity index is 1.58. The second-order valence-corrected chi connectivity index (χ2v) is 8.91. The number of nitrogens with one attached hydrogen (secondary N) is 3. The monoisotopic (exact) mass is 393 g/mol. The van der Waals surface area contributed by atoms with Gasteiger partial charge in [0.05, 0.1) is 6.54 Å². The highest BCUT2D eigenvalue weighted by Gasteiger charge is 2.35. The minimum atomic E-state index is 0.0693. The summed E-state index contributed by atoms with van der Waals surface area (Å²) in [6.45, 7) is 5.30. The summed E-state index contributed by atoms with van der Waals surface area (Å²) in [6.07, 6.45) is 8.42. The zero-order valence-corrected chi connectivity index (χ0v) is 17.9. The third-order valence-corrected chi connectivity index (χ3v) is 6.56. The van der Waals surface area contributed by atoms with E-state index >= 15 is 0 Å². The highest BCUT2D eigenvalue weighted by atomic mass is 16.5. The fourth-order valence-corrected chi connectivity index (χ4v) is 4.34. The lowest BCUT2D eigenvalue weighted by atomic mass is 9.85. The van der Waals surface area contributed by atoms with Gasteiger partial charge in [-0.1, -0.05) is 6.42 Å². The van der Waals surface area contributed by atoms with Crippen molar-refractivity contribution in [1.82, 2.24) is 20.9 Å². The molecule has 0 aromatic carbocycles. The van der Waals surface area contributed by atoms with Crippen molar-refractivity contribution in [3.63, 3.8) is 0 Å². The summed E-state index contributed by atoms with van der Waals surface area (Å²) in [6, 6.07) is 0.757. The molecule has 0 radical (unpaired) electrons. The first kappa shape index (κ1) is 21.4. The van der Waals surface area contributed by atoms with Crippen molar-refractivity contribution < 1.29 is 9.53 Å². The fourth-order valence-electron chi connectivity index (χ4n) is 4.34. The Kier molecular flexibility index (Phi) is 7.57. The van der Waals surface area contributed by atoms with Gasteiger partial charge >= 0.3 is 0 Å². The van der Waals surface area contributed by atoms with E-state index in [-0.39, 0.29) is 17.4 Å². The van der Waals surface area contributed by atoms with Gasteiger partial charge in [0.1, 0.15) is 0 Å². The average molecular weight is 394 g/mol. The van der Waals surface area contributed by atoms with Gasteiger partial charge in [0.2, 0.25) is 5.91 Å². The summed E-state index contributed by atoms with van der Waals surface area (Å²) in [5, 5.41) is 10.2. The second kappa shape index (κ2) is 9.92. The lowest BCUT2D eigenvalue weighted by Gasteiger charge is -2.41. The van der Waals surface area contributed by atoms with Crippen molar-refractivity contribution in [3.8, 4) is 0 Å². The van der Waals surface area contributed by atoms with Gasteiger partial charge in [-0.15, -0.1) is 0 Å². The highest BCUT2D eigenvalue weighted by molar-refractivity contribution is 5.81. The zero-order valence-electron chi connectivity index (χ0n) is 17.9. The molecule has 7 nitrogen and oxygen atoms in total. The Morgan fingerprint density at radius 3 is 2.50 bits per heavy atom. The minimum absolute atomic E-state index is 0.0693. The van der Waals surface area contributed by atoms with Crippen LogP contribution in [0.1, 0.15) is 58.3 Å². The number of rotatable bonds is 7. The molecular formula is C21H39N5O2. The van der Waals surface area contributed by atoms with Crippen LogP contribution in [0.4, 0.5) is 0 Å². The van der Waals surface area contributed by atoms with Crippen molar-refractivity contribution in [2.45, 2.75) is 75.9 Å². The second-order valence-electron chi connectivity index (χ2n) is 8.91. The molecule has 2 unspecified atom stereocenters. The van der Waals surface area contributed by atoms with E-state index in [9.17, 15) is 4.79 Å². The zero-order chi connectivity index (χ0) is 20.0. The molecule has 0 spiro atoms. The Morgan fingerprint density at radius 1 is 1.11 bits per heavy atom. The van der Waals surface area contributed by atoms with E-state index in [4.69, 9.17) is 9.73 Å². The molecule has 0 bridgehead atoms. The molecule has 1 heterocycles. The van der Waals surface area contributed by atoms with Crippen LogP contribution in [0.3, 0.4) is 0 Å². The van der Waals surface area contributed by atoms with E-state index < -0.39 is 0 Å². The number of nitrogens with zero attached hydrogens (tertiary/aromatic N) is 2. The third kappa shape index (κ3) is 5.83. The molecule has 3 fully saturated rings. The van der Waals surface area contributed by atoms with Crippen LogP contribution >= 0.6 is 0 Å². The Bertz CT molecular complexity index is 541. The van der Waals surface area contributed by atoms with Crippen molar-refractivity contribution in [2.75, 3.05) is 40.4 Å². The van der Waals surface area contributed by atoms with Crippen LogP contribution in [0, 0.1) is 5.92 Å². The van der Waals surface area contributed by atoms with Crippen LogP contribution in [0.25, 0.3) is 0 Å². The van der Waals surface area contributed by atoms with Gasteiger partial charge < -0.3 is 25.6 Å². The van der Waals surface area contributed by atoms with E-state index in [1.807, 2.05) is 0 Å². The normalized spacial score (nSPS) is 28.1. The Hall–Kier alpha value is -1.34. The first-order chi connectivity index (χ1) is 13.5. The van der Waals surface area contributed by atoms with E-state index in [1.54, 1.807) is 0 Å². The molecule has 28 heavy (non-hydrogen) atoms. The highest BCUT2D eigenvalue weighted by Crippen LogP contribution is 2.28. The van der Waals surface area contributed by atoms with E-state index in [0.29, 0.717) is 12.1 Å². The molecule has 1 saturated heterocycles. The van der Waals surface area contributed by atoms with Gasteiger partial charge in [-0.05, 0) is 66.0 Å². The largest absolute Gasteiger partial charge is 0.381 e. The maximum absolute atomic E-state index is 12.5. The number of amides is 1. The number of ether oxygens (including phenoxy) is 1. The minimum Gasteiger partial charge on any atom is -0.381 e. The van der Waals surface area contributed by atoms with Gasteiger partial charge in [0, 0.05) is 43.3 Å². The predicted molar refractivity (Wildman–Crippen MR) is 112 cm³/mol. The molecule has 2 saturated carbocycles. The Morgan fingerprint density at radius 2 is 1.86 bits per heavy atom. The molecule has 3 rings (SSSR count). The fraction of sp³-hybridized carbons (Fsp3) is 0.905. The maximum Gasteiger partial charge on any atom is 0.223 e. The van der Waals surface area contributed by atoms with Crippen LogP contribution < -0.4 is 16.0 Å². The lowest BCUT2D eigenvalue weighted by Crippen LogP contribution is -2.52. The van der Waals surface area contributed by atoms with Crippen molar-refractivity contribution in [2.24, 2.45) is 10.9 Å². The SMILES string of the molecule is CCNC(=NCC1(N(C)C)CCOCC1)NC1CCCC(C(=O)NC2CC2)C1. The number of hydrogen-bond donors (Lipinski definition) is 3. The lowest BCUT2D eigenvalue weighted by molar-refractivity contribution is -0.126. The van der Waals surface area contributed by atoms with E-state index in [1.165, 1.54) is 0 Å². The molecule has 0 aromatic rings. The van der Waals surface area contributed by atoms with Crippen LogP contribution in [0.5, 0.6) is 0 Å². The van der Waals surface area contributed by atoms with Gasteiger partial charge in [-0.3, -0.25) is 9.79 Å². The van der Waals surface area contributed by atoms with E-state index in [0.717, 1.165) is 83.6 Å². The van der Waals surface area contributed by atoms with Gasteiger partial charge in [-0.25, -0.2) is 0 Å². The number of carbonyl (C=O) groups is 1. The van der Waals surface area contributed by atoms with Crippen LogP contribution in [0.2, 0.25) is 0 Å². The first-order valence-electron chi connectivity index (χ1n) is 11.1. The number of guanidine groups is 1. The van der Waals surface area contributed by atoms with Crippen LogP contribution in [-0.4, -0.2) is 74.8 Å². The topological polar surface area (TPSA) is 78.0 Å². The molecule has 160 valence electrons. The van der Waals surface area contributed by atoms with Crippen molar-refractivity contribution in [3.05, 3.63) is 0 Å². The smallest absolute Gasteiger partial charge is 0.223 e. The van der Waals surface area contributed by atoms with Crippen LogP contribution in [-0.2, 0) is 9.53 Å². The first-order valence-corrected chi connectivity index (χ1v) is 11.1. The van der Waals surface area contributed by atoms with Gasteiger partial charge in [-0.2, -0.15) is 0 Å². The molecule has 0 aromatic heterocycles. The number of hydrogen-bond acceptors (Lipinski definition) is 4. The molecule has 2 atom stereocenters. The number of aliphatic imine (C=N–C) groups is 1.